The third-order valence-corrected chi connectivity index (χ3v) is 4.52. The summed E-state index contributed by atoms with van der Waals surface area (Å²) in [5, 5.41) is 9.24. The van der Waals surface area contributed by atoms with Gasteiger partial charge in [-0.2, -0.15) is 0 Å². The Bertz CT molecular complexity index is 814. The molecule has 8 heteroatoms. The minimum Gasteiger partial charge on any atom is -0.488 e. The summed E-state index contributed by atoms with van der Waals surface area (Å²) in [6.45, 7) is 4.97. The van der Waals surface area contributed by atoms with Crippen LogP contribution in [-0.4, -0.2) is 51.3 Å². The lowest BCUT2D eigenvalue weighted by Gasteiger charge is -2.18. The first-order valence-electron chi connectivity index (χ1n) is 9.76. The molecule has 1 aromatic carbocycles. The molecule has 0 spiro atoms. The van der Waals surface area contributed by atoms with E-state index in [1.807, 2.05) is 6.92 Å². The van der Waals surface area contributed by atoms with Crippen LogP contribution in [0.15, 0.2) is 46.0 Å². The molecule has 0 bridgehead atoms. The molecule has 1 fully saturated rings. The van der Waals surface area contributed by atoms with E-state index in [1.54, 1.807) is 19.2 Å². The quantitative estimate of drug-likeness (QED) is 0.356. The van der Waals surface area contributed by atoms with Gasteiger partial charge in [0, 0.05) is 38.7 Å². The zero-order valence-electron chi connectivity index (χ0n) is 16.9. The standard InChI is InChI=1S/C21H28N4O4/c1-15-5-6-16(19(12-15)29-17-7-11-27-14-17)13-25-21(22-2)24-9-8-23-20(26)18-4-3-10-28-18/h3-6,10,12,17H,7-9,11,13-14H2,1-2H3,(H,23,26)(H2,22,24,25). The molecule has 3 N–H and O–H groups in total. The summed E-state index contributed by atoms with van der Waals surface area (Å²) in [4.78, 5) is 16.1. The van der Waals surface area contributed by atoms with Gasteiger partial charge in [0.25, 0.3) is 5.91 Å². The summed E-state index contributed by atoms with van der Waals surface area (Å²) < 4.78 is 16.6. The van der Waals surface area contributed by atoms with Crippen molar-refractivity contribution in [3.63, 3.8) is 0 Å². The molecular weight excluding hydrogens is 372 g/mol. The van der Waals surface area contributed by atoms with Crippen LogP contribution in [0.25, 0.3) is 0 Å². The third-order valence-electron chi connectivity index (χ3n) is 4.52. The maximum atomic E-state index is 11.8. The van der Waals surface area contributed by atoms with E-state index < -0.39 is 0 Å². The summed E-state index contributed by atoms with van der Waals surface area (Å²) in [5.41, 5.74) is 2.20. The molecule has 1 unspecified atom stereocenters. The first kappa shape index (κ1) is 20.7. The fourth-order valence-corrected chi connectivity index (χ4v) is 2.95. The maximum absolute atomic E-state index is 11.8. The second kappa shape index (κ2) is 10.5. The van der Waals surface area contributed by atoms with Crippen LogP contribution in [0.1, 0.15) is 28.1 Å². The smallest absolute Gasteiger partial charge is 0.287 e. The van der Waals surface area contributed by atoms with Crippen molar-refractivity contribution in [3.05, 3.63) is 53.5 Å². The van der Waals surface area contributed by atoms with Gasteiger partial charge in [-0.25, -0.2) is 0 Å². The van der Waals surface area contributed by atoms with E-state index in [1.165, 1.54) is 6.26 Å². The normalized spacial score (nSPS) is 16.5. The van der Waals surface area contributed by atoms with Gasteiger partial charge < -0.3 is 29.8 Å². The molecule has 156 valence electrons. The Morgan fingerprint density at radius 1 is 1.24 bits per heavy atom. The molecule has 8 nitrogen and oxygen atoms in total. The van der Waals surface area contributed by atoms with Gasteiger partial charge in [0.05, 0.1) is 19.5 Å². The van der Waals surface area contributed by atoms with E-state index in [9.17, 15) is 4.79 Å². The first-order chi connectivity index (χ1) is 14.2. The Hall–Kier alpha value is -3.00. The number of amides is 1. The minimum atomic E-state index is -0.239. The van der Waals surface area contributed by atoms with Crippen LogP contribution < -0.4 is 20.7 Å². The highest BCUT2D eigenvalue weighted by molar-refractivity contribution is 5.91. The van der Waals surface area contributed by atoms with Gasteiger partial charge >= 0.3 is 0 Å². The molecule has 1 aromatic heterocycles. The molecular formula is C21H28N4O4. The highest BCUT2D eigenvalue weighted by Crippen LogP contribution is 2.23. The Kier molecular flexibility index (Phi) is 7.52. The Morgan fingerprint density at radius 3 is 2.83 bits per heavy atom. The molecule has 2 heterocycles. The summed E-state index contributed by atoms with van der Waals surface area (Å²) in [5.74, 6) is 1.58. The predicted octanol–water partition coefficient (Wildman–Crippen LogP) is 1.85. The Morgan fingerprint density at radius 2 is 2.10 bits per heavy atom. The van der Waals surface area contributed by atoms with Crippen LogP contribution in [0.3, 0.4) is 0 Å². The van der Waals surface area contributed by atoms with E-state index in [-0.39, 0.29) is 12.0 Å². The number of aryl methyl sites for hydroxylation is 1. The highest BCUT2D eigenvalue weighted by Gasteiger charge is 2.18. The SMILES string of the molecule is CN=C(NCCNC(=O)c1ccco1)NCc1ccc(C)cc1OC1CCOC1. The number of carbonyl (C=O) groups is 1. The molecule has 1 amide bonds. The Labute approximate surface area is 170 Å². The lowest BCUT2D eigenvalue weighted by atomic mass is 10.1. The molecule has 0 radical (unpaired) electrons. The number of hydrogen-bond acceptors (Lipinski definition) is 5. The van der Waals surface area contributed by atoms with Gasteiger partial charge in [0.15, 0.2) is 11.7 Å². The van der Waals surface area contributed by atoms with Crippen molar-refractivity contribution in [2.75, 3.05) is 33.4 Å². The van der Waals surface area contributed by atoms with Crippen LogP contribution in [0.5, 0.6) is 5.75 Å². The monoisotopic (exact) mass is 400 g/mol. The average Bonchev–Trinajstić information content (AvgIpc) is 3.42. The van der Waals surface area contributed by atoms with Crippen molar-refractivity contribution in [2.45, 2.75) is 26.0 Å². The zero-order valence-corrected chi connectivity index (χ0v) is 16.9. The maximum Gasteiger partial charge on any atom is 0.287 e. The topological polar surface area (TPSA) is 97.1 Å². The van der Waals surface area contributed by atoms with Crippen molar-refractivity contribution < 1.29 is 18.7 Å². The molecule has 0 aliphatic carbocycles. The first-order valence-corrected chi connectivity index (χ1v) is 9.76. The number of guanidine groups is 1. The van der Waals surface area contributed by atoms with Crippen molar-refractivity contribution in [1.82, 2.24) is 16.0 Å². The molecule has 3 rings (SSSR count). The van der Waals surface area contributed by atoms with Gasteiger partial charge in [-0.15, -0.1) is 0 Å². The van der Waals surface area contributed by atoms with Crippen LogP contribution in [0.2, 0.25) is 0 Å². The van der Waals surface area contributed by atoms with Gasteiger partial charge in [0.1, 0.15) is 11.9 Å². The molecule has 1 aliphatic heterocycles. The molecule has 29 heavy (non-hydrogen) atoms. The van der Waals surface area contributed by atoms with Gasteiger partial charge in [0.2, 0.25) is 0 Å². The fourth-order valence-electron chi connectivity index (χ4n) is 2.95. The number of ether oxygens (including phenoxy) is 2. The average molecular weight is 400 g/mol. The number of nitrogens with zero attached hydrogens (tertiary/aromatic N) is 1. The predicted molar refractivity (Wildman–Crippen MR) is 110 cm³/mol. The molecule has 0 saturated carbocycles. The molecule has 2 aromatic rings. The van der Waals surface area contributed by atoms with Crippen LogP contribution in [-0.2, 0) is 11.3 Å². The van der Waals surface area contributed by atoms with Gasteiger partial charge in [-0.1, -0.05) is 12.1 Å². The zero-order chi connectivity index (χ0) is 20.5. The van der Waals surface area contributed by atoms with E-state index in [0.29, 0.717) is 38.0 Å². The second-order valence-electron chi connectivity index (χ2n) is 6.80. The second-order valence-corrected chi connectivity index (χ2v) is 6.80. The van der Waals surface area contributed by atoms with Crippen LogP contribution >= 0.6 is 0 Å². The number of hydrogen-bond donors (Lipinski definition) is 3. The lowest BCUT2D eigenvalue weighted by molar-refractivity contribution is 0.0926. The summed E-state index contributed by atoms with van der Waals surface area (Å²) in [6, 6.07) is 9.49. The number of benzene rings is 1. The molecule has 1 atom stereocenters. The van der Waals surface area contributed by atoms with E-state index >= 15 is 0 Å². The van der Waals surface area contributed by atoms with E-state index in [2.05, 4.69) is 39.1 Å². The van der Waals surface area contributed by atoms with Crippen molar-refractivity contribution in [3.8, 4) is 5.75 Å². The van der Waals surface area contributed by atoms with Gasteiger partial charge in [-0.05, 0) is 30.7 Å². The van der Waals surface area contributed by atoms with Crippen molar-refractivity contribution >= 4 is 11.9 Å². The highest BCUT2D eigenvalue weighted by atomic mass is 16.5. The molecule has 1 aliphatic rings. The van der Waals surface area contributed by atoms with Crippen molar-refractivity contribution in [2.24, 2.45) is 4.99 Å². The number of aliphatic imine (C=N–C) groups is 1. The minimum absolute atomic E-state index is 0.103. The van der Waals surface area contributed by atoms with Crippen LogP contribution in [0, 0.1) is 6.92 Å². The third kappa shape index (κ3) is 6.25. The van der Waals surface area contributed by atoms with Gasteiger partial charge in [-0.3, -0.25) is 9.79 Å². The summed E-state index contributed by atoms with van der Waals surface area (Å²) >= 11 is 0. The van der Waals surface area contributed by atoms with Crippen molar-refractivity contribution in [1.29, 1.82) is 0 Å². The summed E-state index contributed by atoms with van der Waals surface area (Å²) in [7, 11) is 1.71. The summed E-state index contributed by atoms with van der Waals surface area (Å²) in [6.07, 6.45) is 2.49. The van der Waals surface area contributed by atoms with E-state index in [0.717, 1.165) is 29.9 Å². The van der Waals surface area contributed by atoms with Crippen LogP contribution in [0.4, 0.5) is 0 Å². The molecule has 1 saturated heterocycles. The number of nitrogens with one attached hydrogen (secondary N) is 3. The fraction of sp³-hybridized carbons (Fsp3) is 0.429. The number of rotatable bonds is 8. The Balaban J connectivity index is 1.45. The number of furan rings is 1. The lowest BCUT2D eigenvalue weighted by Crippen LogP contribution is -2.41. The number of carbonyl (C=O) groups excluding carboxylic acids is 1. The van der Waals surface area contributed by atoms with E-state index in [4.69, 9.17) is 13.9 Å². The largest absolute Gasteiger partial charge is 0.488 e.